The second kappa shape index (κ2) is 6.81. The molecule has 88 valence electrons. The Kier molecular flexibility index (Phi) is 6.55. The highest BCUT2D eigenvalue weighted by Gasteiger charge is 2.16. The van der Waals surface area contributed by atoms with Crippen LogP contribution in [0, 0.1) is 17.2 Å². The molecular weight excluding hydrogens is 188 g/mol. The van der Waals surface area contributed by atoms with Crippen LogP contribution in [0.15, 0.2) is 0 Å². The Morgan fingerprint density at radius 3 is 2.40 bits per heavy atom. The van der Waals surface area contributed by atoms with Crippen LogP contribution in [-0.4, -0.2) is 18.2 Å². The number of nitrogens with two attached hydrogens (primary N) is 1. The van der Waals surface area contributed by atoms with E-state index in [0.717, 1.165) is 25.9 Å². The van der Waals surface area contributed by atoms with Crippen LogP contribution < -0.4 is 5.73 Å². The largest absolute Gasteiger partial charge is 0.378 e. The molecule has 2 N–H and O–H groups in total. The van der Waals surface area contributed by atoms with Gasteiger partial charge in [-0.3, -0.25) is 0 Å². The first kappa shape index (κ1) is 14.4. The lowest BCUT2D eigenvalue weighted by molar-refractivity contribution is 0.0329. The normalized spacial score (nSPS) is 17.1. The Bertz CT molecular complexity index is 206. The van der Waals surface area contributed by atoms with Crippen molar-refractivity contribution in [3.8, 4) is 6.07 Å². The van der Waals surface area contributed by atoms with Crippen molar-refractivity contribution in [1.29, 1.82) is 5.26 Å². The van der Waals surface area contributed by atoms with E-state index in [4.69, 9.17) is 15.7 Å². The summed E-state index contributed by atoms with van der Waals surface area (Å²) < 4.78 is 5.63. The second-order valence-corrected chi connectivity index (χ2v) is 4.81. The van der Waals surface area contributed by atoms with Crippen molar-refractivity contribution in [3.05, 3.63) is 0 Å². The zero-order valence-electron chi connectivity index (χ0n) is 10.4. The highest BCUT2D eigenvalue weighted by atomic mass is 16.5. The second-order valence-electron chi connectivity index (χ2n) is 4.81. The molecule has 0 aromatic rings. The van der Waals surface area contributed by atoms with Crippen molar-refractivity contribution in [3.63, 3.8) is 0 Å². The van der Waals surface area contributed by atoms with Gasteiger partial charge in [-0.25, -0.2) is 0 Å². The minimum absolute atomic E-state index is 0.310. The van der Waals surface area contributed by atoms with Gasteiger partial charge in [0.15, 0.2) is 0 Å². The van der Waals surface area contributed by atoms with E-state index >= 15 is 0 Å². The number of rotatable bonds is 7. The number of hydrogen-bond acceptors (Lipinski definition) is 3. The fraction of sp³-hybridized carbons (Fsp3) is 0.917. The molecule has 0 saturated heterocycles. The first-order chi connectivity index (χ1) is 6.89. The summed E-state index contributed by atoms with van der Waals surface area (Å²) in [5, 5.41) is 8.71. The Balaban J connectivity index is 3.45. The summed E-state index contributed by atoms with van der Waals surface area (Å²) in [6, 6.07) is 2.10. The van der Waals surface area contributed by atoms with E-state index in [1.165, 1.54) is 0 Å². The van der Waals surface area contributed by atoms with Gasteiger partial charge in [0.05, 0.1) is 12.2 Å². The molecule has 0 fully saturated rings. The van der Waals surface area contributed by atoms with E-state index in [2.05, 4.69) is 26.8 Å². The molecule has 3 nitrogen and oxygen atoms in total. The molecule has 0 radical (unpaired) electrons. The monoisotopic (exact) mass is 212 g/mol. The summed E-state index contributed by atoms with van der Waals surface area (Å²) >= 11 is 0. The zero-order valence-corrected chi connectivity index (χ0v) is 10.4. The van der Waals surface area contributed by atoms with E-state index in [-0.39, 0.29) is 0 Å². The van der Waals surface area contributed by atoms with Crippen LogP contribution in [0.2, 0.25) is 0 Å². The van der Waals surface area contributed by atoms with E-state index in [1.54, 1.807) is 6.92 Å². The lowest BCUT2D eigenvalue weighted by Crippen LogP contribution is -2.33. The Morgan fingerprint density at radius 1 is 1.33 bits per heavy atom. The van der Waals surface area contributed by atoms with Crippen molar-refractivity contribution in [2.75, 3.05) is 6.61 Å². The first-order valence-corrected chi connectivity index (χ1v) is 5.71. The molecule has 2 atom stereocenters. The third kappa shape index (κ3) is 7.35. The Morgan fingerprint density at radius 2 is 1.93 bits per heavy atom. The average molecular weight is 212 g/mol. The van der Waals surface area contributed by atoms with Gasteiger partial charge in [0.25, 0.3) is 0 Å². The van der Waals surface area contributed by atoms with Gasteiger partial charge in [0, 0.05) is 6.61 Å². The minimum atomic E-state index is -0.677. The van der Waals surface area contributed by atoms with Gasteiger partial charge in [-0.2, -0.15) is 5.26 Å². The van der Waals surface area contributed by atoms with Crippen LogP contribution in [0.1, 0.15) is 47.0 Å². The molecule has 0 bridgehead atoms. The molecule has 0 aliphatic heterocycles. The highest BCUT2D eigenvalue weighted by Crippen LogP contribution is 2.11. The fourth-order valence-corrected chi connectivity index (χ4v) is 1.11. The molecule has 0 aliphatic rings. The summed E-state index contributed by atoms with van der Waals surface area (Å²) in [6.45, 7) is 8.92. The third-order valence-corrected chi connectivity index (χ3v) is 2.67. The van der Waals surface area contributed by atoms with Gasteiger partial charge in [0.1, 0.15) is 5.54 Å². The van der Waals surface area contributed by atoms with Gasteiger partial charge in [0.2, 0.25) is 0 Å². The van der Waals surface area contributed by atoms with E-state index in [1.807, 2.05) is 0 Å². The summed E-state index contributed by atoms with van der Waals surface area (Å²) in [5.41, 5.74) is 5.03. The van der Waals surface area contributed by atoms with Crippen LogP contribution in [0.25, 0.3) is 0 Å². The highest BCUT2D eigenvalue weighted by molar-refractivity contribution is 5.00. The number of unbranched alkanes of at least 4 members (excludes halogenated alkanes) is 1. The molecule has 0 rings (SSSR count). The molecule has 0 aliphatic carbocycles. The van der Waals surface area contributed by atoms with E-state index in [0.29, 0.717) is 12.0 Å². The molecular formula is C12H24N2O. The Hall–Kier alpha value is -0.590. The standard InChI is InChI=1S/C12H24N2O/c1-10(2)11(3)15-8-6-5-7-12(4,14)9-13/h10-11H,5-8,14H2,1-4H3. The van der Waals surface area contributed by atoms with Crippen LogP contribution in [0.4, 0.5) is 0 Å². The predicted octanol–water partition coefficient (Wildman–Crippen LogP) is 2.46. The molecule has 0 aromatic carbocycles. The van der Waals surface area contributed by atoms with Crippen molar-refractivity contribution in [1.82, 2.24) is 0 Å². The van der Waals surface area contributed by atoms with Crippen LogP contribution in [-0.2, 0) is 4.74 Å². The number of nitrogens with zero attached hydrogens (tertiary/aromatic N) is 1. The smallest absolute Gasteiger partial charge is 0.101 e. The molecule has 0 spiro atoms. The van der Waals surface area contributed by atoms with Gasteiger partial charge in [-0.15, -0.1) is 0 Å². The lowest BCUT2D eigenvalue weighted by Gasteiger charge is -2.18. The quantitative estimate of drug-likeness (QED) is 0.659. The summed E-state index contributed by atoms with van der Waals surface area (Å²) in [4.78, 5) is 0. The summed E-state index contributed by atoms with van der Waals surface area (Å²) in [5.74, 6) is 0.559. The predicted molar refractivity (Wildman–Crippen MR) is 62.3 cm³/mol. The van der Waals surface area contributed by atoms with Crippen LogP contribution in [0.5, 0.6) is 0 Å². The van der Waals surface area contributed by atoms with Gasteiger partial charge in [-0.1, -0.05) is 13.8 Å². The van der Waals surface area contributed by atoms with Crippen LogP contribution >= 0.6 is 0 Å². The molecule has 0 amide bonds. The minimum Gasteiger partial charge on any atom is -0.378 e. The molecule has 2 unspecified atom stereocenters. The summed E-state index contributed by atoms with van der Waals surface area (Å²) in [7, 11) is 0. The maximum atomic E-state index is 8.71. The van der Waals surface area contributed by atoms with Gasteiger partial charge < -0.3 is 10.5 Å². The lowest BCUT2D eigenvalue weighted by atomic mass is 9.98. The van der Waals surface area contributed by atoms with Crippen molar-refractivity contribution >= 4 is 0 Å². The number of ether oxygens (including phenoxy) is 1. The number of nitriles is 1. The van der Waals surface area contributed by atoms with Crippen LogP contribution in [0.3, 0.4) is 0 Å². The average Bonchev–Trinajstić information content (AvgIpc) is 2.16. The maximum absolute atomic E-state index is 8.71. The molecule has 0 heterocycles. The van der Waals surface area contributed by atoms with Crippen molar-refractivity contribution < 1.29 is 4.74 Å². The third-order valence-electron chi connectivity index (χ3n) is 2.67. The molecule has 0 aromatic heterocycles. The van der Waals surface area contributed by atoms with Crippen molar-refractivity contribution in [2.45, 2.75) is 58.6 Å². The first-order valence-electron chi connectivity index (χ1n) is 5.71. The Labute approximate surface area is 93.6 Å². The zero-order chi connectivity index (χ0) is 11.9. The number of hydrogen-bond donors (Lipinski definition) is 1. The molecule has 0 saturated carbocycles. The maximum Gasteiger partial charge on any atom is 0.101 e. The fourth-order valence-electron chi connectivity index (χ4n) is 1.11. The SMILES string of the molecule is CC(C)C(C)OCCCCC(C)(N)C#N. The van der Waals surface area contributed by atoms with Gasteiger partial charge >= 0.3 is 0 Å². The van der Waals surface area contributed by atoms with Gasteiger partial charge in [-0.05, 0) is 39.0 Å². The van der Waals surface area contributed by atoms with E-state index < -0.39 is 5.54 Å². The molecule has 3 heteroatoms. The molecule has 15 heavy (non-hydrogen) atoms. The topological polar surface area (TPSA) is 59.0 Å². The van der Waals surface area contributed by atoms with Crippen molar-refractivity contribution in [2.24, 2.45) is 11.7 Å². The summed E-state index contributed by atoms with van der Waals surface area (Å²) in [6.07, 6.45) is 2.98. The van der Waals surface area contributed by atoms with E-state index in [9.17, 15) is 0 Å².